The van der Waals surface area contributed by atoms with Crippen LogP contribution in [0.2, 0.25) is 0 Å². The molecule has 0 fully saturated rings. The molecule has 7 nitrogen and oxygen atoms in total. The molecule has 0 bridgehead atoms. The van der Waals surface area contributed by atoms with E-state index in [1.165, 1.54) is 0 Å². The molecule has 0 aliphatic rings. The van der Waals surface area contributed by atoms with Crippen LogP contribution in [0.1, 0.15) is 11.1 Å². The lowest BCUT2D eigenvalue weighted by atomic mass is 10.1. The lowest BCUT2D eigenvalue weighted by Gasteiger charge is -2.11. The van der Waals surface area contributed by atoms with E-state index in [1.807, 2.05) is 32.0 Å². The number of imide groups is 1. The minimum Gasteiger partial charge on any atom is -0.481 e. The Bertz CT molecular complexity index is 507. The van der Waals surface area contributed by atoms with Gasteiger partial charge in [0.2, 0.25) is 0 Å². The first-order valence-electron chi connectivity index (χ1n) is 5.84. The molecule has 1 aromatic rings. The molecule has 108 valence electrons. The zero-order chi connectivity index (χ0) is 15.1. The summed E-state index contributed by atoms with van der Waals surface area (Å²) in [6.07, 6.45) is 0. The number of rotatable bonds is 5. The molecular weight excluding hydrogens is 264 g/mol. The third-order valence-corrected chi connectivity index (χ3v) is 2.37. The Balaban J connectivity index is 2.40. The third kappa shape index (κ3) is 4.97. The molecule has 3 N–H and O–H groups in total. The molecule has 0 saturated heterocycles. The summed E-state index contributed by atoms with van der Waals surface area (Å²) >= 11 is 0. The van der Waals surface area contributed by atoms with E-state index in [0.29, 0.717) is 5.75 Å². The van der Waals surface area contributed by atoms with E-state index in [-0.39, 0.29) is 6.61 Å². The maximum atomic E-state index is 11.4. The molecule has 0 spiro atoms. The number of nitrogens with two attached hydrogens (primary N) is 1. The number of benzene rings is 1. The van der Waals surface area contributed by atoms with Crippen molar-refractivity contribution in [3.8, 4) is 5.75 Å². The number of urea groups is 1. The Morgan fingerprint density at radius 2 is 1.75 bits per heavy atom. The fourth-order valence-electron chi connectivity index (χ4n) is 1.52. The van der Waals surface area contributed by atoms with Gasteiger partial charge in [0.1, 0.15) is 5.75 Å². The molecular formula is C13H16N2O5. The van der Waals surface area contributed by atoms with Gasteiger partial charge in [0.05, 0.1) is 0 Å². The van der Waals surface area contributed by atoms with E-state index in [2.05, 4.69) is 4.74 Å². The van der Waals surface area contributed by atoms with Crippen molar-refractivity contribution in [3.63, 3.8) is 0 Å². The summed E-state index contributed by atoms with van der Waals surface area (Å²) in [5, 5.41) is 1.77. The molecule has 0 atom stereocenters. The fourth-order valence-corrected chi connectivity index (χ4v) is 1.52. The van der Waals surface area contributed by atoms with Gasteiger partial charge < -0.3 is 15.2 Å². The number of primary amides is 1. The first-order chi connectivity index (χ1) is 9.40. The van der Waals surface area contributed by atoms with Gasteiger partial charge in [-0.2, -0.15) is 0 Å². The number of nitrogens with one attached hydrogen (secondary N) is 1. The van der Waals surface area contributed by atoms with Gasteiger partial charge in [-0.05, 0) is 25.0 Å². The number of carbonyl (C=O) groups excluding carboxylic acids is 3. The minimum atomic E-state index is -1.00. The normalized spacial score (nSPS) is 9.70. The molecule has 1 aromatic carbocycles. The highest BCUT2D eigenvalue weighted by Gasteiger charge is 2.11. The van der Waals surface area contributed by atoms with Crippen molar-refractivity contribution < 1.29 is 23.9 Å². The van der Waals surface area contributed by atoms with Gasteiger partial charge in [-0.15, -0.1) is 0 Å². The van der Waals surface area contributed by atoms with Crippen LogP contribution in [0.5, 0.6) is 5.75 Å². The van der Waals surface area contributed by atoms with Crippen LogP contribution in [-0.4, -0.2) is 31.1 Å². The number of esters is 1. The number of aryl methyl sites for hydroxylation is 2. The van der Waals surface area contributed by atoms with Crippen molar-refractivity contribution in [2.75, 3.05) is 13.2 Å². The SMILES string of the molecule is Cc1cccc(C)c1OCC(=O)OCC(=O)NC(N)=O. The summed E-state index contributed by atoms with van der Waals surface area (Å²) in [7, 11) is 0. The van der Waals surface area contributed by atoms with Crippen molar-refractivity contribution in [1.29, 1.82) is 0 Å². The van der Waals surface area contributed by atoms with Crippen LogP contribution in [0.4, 0.5) is 4.79 Å². The average Bonchev–Trinajstić information content (AvgIpc) is 2.35. The van der Waals surface area contributed by atoms with Crippen LogP contribution >= 0.6 is 0 Å². The lowest BCUT2D eigenvalue weighted by Crippen LogP contribution is -2.38. The highest BCUT2D eigenvalue weighted by atomic mass is 16.6. The Morgan fingerprint density at radius 1 is 1.15 bits per heavy atom. The predicted octanol–water partition coefficient (Wildman–Crippen LogP) is 0.420. The molecule has 7 heteroatoms. The highest BCUT2D eigenvalue weighted by Crippen LogP contribution is 2.22. The summed E-state index contributed by atoms with van der Waals surface area (Å²) in [6, 6.07) is 4.59. The smallest absolute Gasteiger partial charge is 0.344 e. The average molecular weight is 280 g/mol. The number of amides is 3. The highest BCUT2D eigenvalue weighted by molar-refractivity contribution is 5.94. The molecule has 1 rings (SSSR count). The van der Waals surface area contributed by atoms with Crippen molar-refractivity contribution >= 4 is 17.9 Å². The van der Waals surface area contributed by atoms with Crippen molar-refractivity contribution in [3.05, 3.63) is 29.3 Å². The van der Waals surface area contributed by atoms with Crippen molar-refractivity contribution in [2.24, 2.45) is 5.73 Å². The minimum absolute atomic E-state index is 0.324. The number of hydrogen-bond donors (Lipinski definition) is 2. The summed E-state index contributed by atoms with van der Waals surface area (Å²) in [4.78, 5) is 32.8. The standard InChI is InChI=1S/C13H16N2O5/c1-8-4-3-5-9(2)12(8)20-7-11(17)19-6-10(16)15-13(14)18/h3-5H,6-7H2,1-2H3,(H3,14,15,16,18). The molecule has 0 aliphatic carbocycles. The van der Waals surface area contributed by atoms with E-state index in [0.717, 1.165) is 11.1 Å². The molecule has 0 saturated carbocycles. The quantitative estimate of drug-likeness (QED) is 0.760. The van der Waals surface area contributed by atoms with Gasteiger partial charge in [-0.1, -0.05) is 18.2 Å². The predicted molar refractivity (Wildman–Crippen MR) is 70.1 cm³/mol. The van der Waals surface area contributed by atoms with Crippen LogP contribution in [0.25, 0.3) is 0 Å². The Kier molecular flexibility index (Phi) is 5.52. The molecule has 0 aliphatic heterocycles. The van der Waals surface area contributed by atoms with Crippen LogP contribution < -0.4 is 15.8 Å². The first-order valence-corrected chi connectivity index (χ1v) is 5.84. The van der Waals surface area contributed by atoms with Gasteiger partial charge in [-0.25, -0.2) is 9.59 Å². The topological polar surface area (TPSA) is 108 Å². The second-order valence-electron chi connectivity index (χ2n) is 4.08. The summed E-state index contributed by atoms with van der Waals surface area (Å²) in [6.45, 7) is 2.80. The molecule has 0 aromatic heterocycles. The molecule has 0 radical (unpaired) electrons. The largest absolute Gasteiger partial charge is 0.481 e. The molecule has 0 heterocycles. The second kappa shape index (κ2) is 7.13. The van der Waals surface area contributed by atoms with E-state index in [1.54, 1.807) is 5.32 Å². The summed E-state index contributed by atoms with van der Waals surface area (Å²) in [5.41, 5.74) is 6.52. The lowest BCUT2D eigenvalue weighted by molar-refractivity contribution is -0.150. The van der Waals surface area contributed by atoms with Crippen LogP contribution in [-0.2, 0) is 14.3 Å². The van der Waals surface area contributed by atoms with Gasteiger partial charge >= 0.3 is 12.0 Å². The molecule has 3 amide bonds. The zero-order valence-electron chi connectivity index (χ0n) is 11.3. The second-order valence-corrected chi connectivity index (χ2v) is 4.08. The monoisotopic (exact) mass is 280 g/mol. The van der Waals surface area contributed by atoms with Crippen LogP contribution in [0.3, 0.4) is 0 Å². The summed E-state index contributed by atoms with van der Waals surface area (Å²) < 4.78 is 9.97. The Morgan fingerprint density at radius 3 is 2.30 bits per heavy atom. The fraction of sp³-hybridized carbons (Fsp3) is 0.308. The Labute approximate surface area is 116 Å². The van der Waals surface area contributed by atoms with Crippen LogP contribution in [0, 0.1) is 13.8 Å². The first kappa shape index (κ1) is 15.5. The number of para-hydroxylation sites is 1. The van der Waals surface area contributed by atoms with Crippen molar-refractivity contribution in [2.45, 2.75) is 13.8 Å². The van der Waals surface area contributed by atoms with Gasteiger partial charge in [0.25, 0.3) is 5.91 Å². The van der Waals surface area contributed by atoms with E-state index >= 15 is 0 Å². The Hall–Kier alpha value is -2.57. The van der Waals surface area contributed by atoms with Gasteiger partial charge in [0.15, 0.2) is 13.2 Å². The number of ether oxygens (including phenoxy) is 2. The van der Waals surface area contributed by atoms with Crippen molar-refractivity contribution in [1.82, 2.24) is 5.32 Å². The summed E-state index contributed by atoms with van der Waals surface area (Å²) in [5.74, 6) is -0.906. The molecule has 0 unspecified atom stereocenters. The zero-order valence-corrected chi connectivity index (χ0v) is 11.3. The van der Waals surface area contributed by atoms with Crippen LogP contribution in [0.15, 0.2) is 18.2 Å². The van der Waals surface area contributed by atoms with Gasteiger partial charge in [0, 0.05) is 0 Å². The van der Waals surface area contributed by atoms with E-state index in [9.17, 15) is 14.4 Å². The maximum Gasteiger partial charge on any atom is 0.344 e. The third-order valence-electron chi connectivity index (χ3n) is 2.37. The molecule has 20 heavy (non-hydrogen) atoms. The number of hydrogen-bond acceptors (Lipinski definition) is 5. The maximum absolute atomic E-state index is 11.4. The van der Waals surface area contributed by atoms with Gasteiger partial charge in [-0.3, -0.25) is 10.1 Å². The van der Waals surface area contributed by atoms with E-state index < -0.39 is 24.5 Å². The van der Waals surface area contributed by atoms with E-state index in [4.69, 9.17) is 10.5 Å². The number of carbonyl (C=O) groups is 3.